The second-order valence-electron chi connectivity index (χ2n) is 9.53. The van der Waals surface area contributed by atoms with E-state index in [1.54, 1.807) is 16.2 Å². The number of aryl methyl sites for hydroxylation is 2. The lowest BCUT2D eigenvalue weighted by molar-refractivity contribution is -0.122. The van der Waals surface area contributed by atoms with E-state index in [0.29, 0.717) is 39.8 Å². The number of hydrogen-bond acceptors (Lipinski definition) is 7. The average Bonchev–Trinajstić information content (AvgIpc) is 3.40. The van der Waals surface area contributed by atoms with Gasteiger partial charge >= 0.3 is 0 Å². The summed E-state index contributed by atoms with van der Waals surface area (Å²) in [5.41, 5.74) is 2.08. The molecule has 1 N–H and O–H groups in total. The minimum atomic E-state index is -0.0967. The molecule has 0 atom stereocenters. The van der Waals surface area contributed by atoms with Gasteiger partial charge in [-0.05, 0) is 81.6 Å². The van der Waals surface area contributed by atoms with Crippen LogP contribution in [-0.4, -0.2) is 38.7 Å². The number of anilines is 1. The molecular weight excluding hydrogens is 511 g/mol. The van der Waals surface area contributed by atoms with E-state index < -0.39 is 0 Å². The molecule has 2 amide bonds. The highest BCUT2D eigenvalue weighted by Crippen LogP contribution is 2.33. The van der Waals surface area contributed by atoms with Crippen molar-refractivity contribution >= 4 is 62.7 Å². The van der Waals surface area contributed by atoms with Crippen molar-refractivity contribution in [3.05, 3.63) is 45.3 Å². The number of amides is 2. The summed E-state index contributed by atoms with van der Waals surface area (Å²) in [5.74, 6) is 0.709. The maximum atomic E-state index is 12.9. The van der Waals surface area contributed by atoms with E-state index in [9.17, 15) is 9.59 Å². The Hall–Kier alpha value is -2.23. The molecule has 0 spiro atoms. The van der Waals surface area contributed by atoms with Gasteiger partial charge in [-0.15, -0.1) is 11.3 Å². The molecular formula is C27H31N3O3S3. The Bertz CT molecular complexity index is 1130. The molecule has 2 fully saturated rings. The van der Waals surface area contributed by atoms with Crippen molar-refractivity contribution in [1.29, 1.82) is 0 Å². The summed E-state index contributed by atoms with van der Waals surface area (Å²) in [5, 5.41) is 3.61. The van der Waals surface area contributed by atoms with Gasteiger partial charge in [0.15, 0.2) is 5.13 Å². The van der Waals surface area contributed by atoms with E-state index in [4.69, 9.17) is 17.0 Å². The van der Waals surface area contributed by atoms with E-state index in [1.807, 2.05) is 30.3 Å². The molecule has 0 unspecified atom stereocenters. The fourth-order valence-corrected chi connectivity index (χ4v) is 7.22. The predicted octanol–water partition coefficient (Wildman–Crippen LogP) is 6.35. The quantitative estimate of drug-likeness (QED) is 0.310. The Kier molecular flexibility index (Phi) is 8.39. The Labute approximate surface area is 225 Å². The number of carbonyl (C=O) groups excluding carboxylic acids is 2. The summed E-state index contributed by atoms with van der Waals surface area (Å²) in [6, 6.07) is 7.90. The zero-order valence-electron chi connectivity index (χ0n) is 20.3. The van der Waals surface area contributed by atoms with E-state index in [-0.39, 0.29) is 11.8 Å². The third-order valence-corrected chi connectivity index (χ3v) is 9.23. The molecule has 1 aromatic heterocycles. The van der Waals surface area contributed by atoms with E-state index in [2.05, 4.69) is 10.3 Å². The van der Waals surface area contributed by atoms with Crippen molar-refractivity contribution in [2.45, 2.75) is 76.7 Å². The van der Waals surface area contributed by atoms with Gasteiger partial charge in [-0.1, -0.05) is 42.5 Å². The molecule has 1 saturated carbocycles. The number of hydrogen-bond donors (Lipinski definition) is 1. The fourth-order valence-electron chi connectivity index (χ4n) is 4.85. The third-order valence-electron chi connectivity index (χ3n) is 6.78. The predicted molar refractivity (Wildman–Crippen MR) is 150 cm³/mol. The highest BCUT2D eigenvalue weighted by Gasteiger charge is 2.31. The van der Waals surface area contributed by atoms with Crippen LogP contribution in [0, 0.1) is 0 Å². The van der Waals surface area contributed by atoms with Gasteiger partial charge in [0.2, 0.25) is 5.91 Å². The summed E-state index contributed by atoms with van der Waals surface area (Å²) in [6.45, 7) is 0.429. The van der Waals surface area contributed by atoms with Gasteiger partial charge in [0, 0.05) is 17.8 Å². The number of rotatable bonds is 8. The number of aromatic nitrogens is 1. The average molecular weight is 542 g/mol. The summed E-state index contributed by atoms with van der Waals surface area (Å²) >= 11 is 8.36. The van der Waals surface area contributed by atoms with Crippen LogP contribution in [0.2, 0.25) is 0 Å². The molecule has 9 heteroatoms. The van der Waals surface area contributed by atoms with E-state index in [0.717, 1.165) is 42.7 Å². The molecule has 2 aliphatic carbocycles. The summed E-state index contributed by atoms with van der Waals surface area (Å²) in [4.78, 5) is 33.4. The van der Waals surface area contributed by atoms with E-state index in [1.165, 1.54) is 48.7 Å². The first-order valence-corrected chi connectivity index (χ1v) is 14.9. The lowest BCUT2D eigenvalue weighted by Gasteiger charge is -2.22. The van der Waals surface area contributed by atoms with Gasteiger partial charge < -0.3 is 10.1 Å². The largest absolute Gasteiger partial charge is 0.490 e. The number of thioether (sulfide) groups is 1. The maximum absolute atomic E-state index is 12.9. The first kappa shape index (κ1) is 25.4. The van der Waals surface area contributed by atoms with Crippen LogP contribution in [-0.2, 0) is 22.4 Å². The molecule has 0 radical (unpaired) electrons. The zero-order chi connectivity index (χ0) is 24.9. The Morgan fingerprint density at radius 2 is 1.92 bits per heavy atom. The van der Waals surface area contributed by atoms with Crippen LogP contribution in [0.15, 0.2) is 29.2 Å². The molecule has 1 aliphatic heterocycles. The zero-order valence-corrected chi connectivity index (χ0v) is 22.7. The monoisotopic (exact) mass is 541 g/mol. The molecule has 3 aliphatic rings. The molecule has 0 bridgehead atoms. The van der Waals surface area contributed by atoms with Gasteiger partial charge in [-0.2, -0.15) is 0 Å². The first-order valence-electron chi connectivity index (χ1n) is 12.9. The molecule has 6 nitrogen and oxygen atoms in total. The van der Waals surface area contributed by atoms with Crippen LogP contribution in [0.3, 0.4) is 0 Å². The molecule has 2 aromatic rings. The van der Waals surface area contributed by atoms with Crippen LogP contribution in [0.1, 0.15) is 73.9 Å². The molecule has 1 aromatic carbocycles. The Balaban J connectivity index is 1.10. The van der Waals surface area contributed by atoms with Crippen LogP contribution >= 0.6 is 35.3 Å². The number of nitrogens with zero attached hydrogens (tertiary/aromatic N) is 2. The van der Waals surface area contributed by atoms with Gasteiger partial charge in [-0.25, -0.2) is 4.98 Å². The molecule has 190 valence electrons. The molecule has 2 heterocycles. The van der Waals surface area contributed by atoms with Crippen molar-refractivity contribution in [1.82, 2.24) is 9.88 Å². The number of ether oxygens (including phenoxy) is 1. The smallest absolute Gasteiger partial charge is 0.266 e. The standard InChI is InChI=1S/C27H31N3O3S3/c31-24(29-26-28-21-9-4-5-10-22(21)35-26)11-6-16-30-25(32)23(36-27(30)34)17-18-12-14-20(15-13-18)33-19-7-2-1-3-8-19/h12-15,17,19H,1-11,16H2,(H,28,29,31)/b23-17-. The number of benzene rings is 1. The van der Waals surface area contributed by atoms with Crippen LogP contribution in [0.5, 0.6) is 5.75 Å². The summed E-state index contributed by atoms with van der Waals surface area (Å²) in [6.07, 6.45) is 13.5. The third kappa shape index (κ3) is 6.36. The van der Waals surface area contributed by atoms with Gasteiger partial charge in [0.1, 0.15) is 10.1 Å². The van der Waals surface area contributed by atoms with Crippen LogP contribution in [0.25, 0.3) is 6.08 Å². The second-order valence-corrected chi connectivity index (χ2v) is 12.3. The number of carbonyl (C=O) groups is 2. The fraction of sp³-hybridized carbons (Fsp3) is 0.481. The van der Waals surface area contributed by atoms with Crippen molar-refractivity contribution < 1.29 is 14.3 Å². The van der Waals surface area contributed by atoms with Gasteiger partial charge in [-0.3, -0.25) is 14.5 Å². The SMILES string of the molecule is O=C(CCCN1C(=O)/C(=C/c2ccc(OC3CCCCC3)cc2)SC1=S)Nc1nc2c(s1)CCCC2. The van der Waals surface area contributed by atoms with Crippen molar-refractivity contribution in [2.24, 2.45) is 0 Å². The summed E-state index contributed by atoms with van der Waals surface area (Å²) < 4.78 is 6.64. The van der Waals surface area contributed by atoms with Crippen molar-refractivity contribution in [3.63, 3.8) is 0 Å². The van der Waals surface area contributed by atoms with Crippen molar-refractivity contribution in [2.75, 3.05) is 11.9 Å². The molecule has 36 heavy (non-hydrogen) atoms. The number of fused-ring (bicyclic) bond motifs is 1. The Morgan fingerprint density at radius 3 is 2.69 bits per heavy atom. The lowest BCUT2D eigenvalue weighted by atomic mass is 9.98. The van der Waals surface area contributed by atoms with Crippen molar-refractivity contribution in [3.8, 4) is 5.75 Å². The molecule has 5 rings (SSSR count). The first-order chi connectivity index (χ1) is 17.5. The lowest BCUT2D eigenvalue weighted by Crippen LogP contribution is -2.29. The summed E-state index contributed by atoms with van der Waals surface area (Å²) in [7, 11) is 0. The highest BCUT2D eigenvalue weighted by atomic mass is 32.2. The minimum absolute atomic E-state index is 0.0717. The number of nitrogens with one attached hydrogen (secondary N) is 1. The maximum Gasteiger partial charge on any atom is 0.266 e. The topological polar surface area (TPSA) is 71.5 Å². The van der Waals surface area contributed by atoms with Crippen LogP contribution in [0.4, 0.5) is 5.13 Å². The van der Waals surface area contributed by atoms with Gasteiger partial charge in [0.25, 0.3) is 5.91 Å². The molecule has 1 saturated heterocycles. The number of thiazole rings is 1. The second kappa shape index (κ2) is 11.9. The van der Waals surface area contributed by atoms with Crippen LogP contribution < -0.4 is 10.1 Å². The highest BCUT2D eigenvalue weighted by molar-refractivity contribution is 8.26. The van der Waals surface area contributed by atoms with Gasteiger partial charge in [0.05, 0.1) is 16.7 Å². The van der Waals surface area contributed by atoms with E-state index >= 15 is 0 Å². The minimum Gasteiger partial charge on any atom is -0.490 e. The normalized spacial score (nSPS) is 19.6. The Morgan fingerprint density at radius 1 is 1.14 bits per heavy atom. The number of thiocarbonyl (C=S) groups is 1.